The van der Waals surface area contributed by atoms with E-state index in [-0.39, 0.29) is 18.9 Å². The monoisotopic (exact) mass is 570 g/mol. The van der Waals surface area contributed by atoms with Crippen LogP contribution in [-0.4, -0.2) is 72.1 Å². The van der Waals surface area contributed by atoms with E-state index >= 15 is 0 Å². The Morgan fingerprint density at radius 2 is 2.00 bits per heavy atom. The number of carbonyl (C=O) groups is 1. The lowest BCUT2D eigenvalue weighted by Crippen LogP contribution is -2.50. The molecule has 0 radical (unpaired) electrons. The van der Waals surface area contributed by atoms with E-state index in [0.717, 1.165) is 46.0 Å². The van der Waals surface area contributed by atoms with Crippen LogP contribution < -0.4 is 10.5 Å². The third-order valence-electron chi connectivity index (χ3n) is 8.43. The lowest BCUT2D eigenvalue weighted by molar-refractivity contribution is 0.0606. The molecule has 2 fully saturated rings. The molecule has 42 heavy (non-hydrogen) atoms. The van der Waals surface area contributed by atoms with E-state index in [1.54, 1.807) is 19.2 Å². The maximum absolute atomic E-state index is 14.3. The van der Waals surface area contributed by atoms with Crippen molar-refractivity contribution >= 4 is 28.0 Å². The van der Waals surface area contributed by atoms with Gasteiger partial charge in [0, 0.05) is 43.3 Å². The van der Waals surface area contributed by atoms with Gasteiger partial charge >= 0.3 is 0 Å². The minimum atomic E-state index is -1.14. The van der Waals surface area contributed by atoms with E-state index in [0.29, 0.717) is 35.8 Å². The number of fused-ring (bicyclic) bond motifs is 2. The molecule has 2 atom stereocenters. The molecule has 1 aromatic carbocycles. The first-order valence-corrected chi connectivity index (χ1v) is 14.5. The van der Waals surface area contributed by atoms with Crippen molar-refractivity contribution < 1.29 is 13.9 Å². The minimum absolute atomic E-state index is 0.0285. The molecule has 0 spiro atoms. The predicted molar refractivity (Wildman–Crippen MR) is 158 cm³/mol. The topological polar surface area (TPSA) is 109 Å². The van der Waals surface area contributed by atoms with Crippen LogP contribution in [0, 0.1) is 12.8 Å². The van der Waals surface area contributed by atoms with E-state index in [1.165, 1.54) is 17.7 Å². The molecule has 11 heteroatoms. The third kappa shape index (κ3) is 4.71. The zero-order valence-corrected chi connectivity index (χ0v) is 24.1. The summed E-state index contributed by atoms with van der Waals surface area (Å²) >= 11 is 0. The number of ether oxygens (including phenoxy) is 1. The van der Waals surface area contributed by atoms with Crippen molar-refractivity contribution in [2.75, 3.05) is 20.2 Å². The Kier molecular flexibility index (Phi) is 6.49. The number of aromatic nitrogens is 6. The molecule has 1 saturated carbocycles. The number of nitrogens with zero attached hydrogens (tertiary/aromatic N) is 7. The molecule has 0 unspecified atom stereocenters. The number of pyridine rings is 1. The molecule has 7 rings (SSSR count). The molecular formula is C31H35FN8O2. The van der Waals surface area contributed by atoms with Crippen LogP contribution in [0.3, 0.4) is 0 Å². The van der Waals surface area contributed by atoms with E-state index in [1.807, 2.05) is 30.9 Å². The number of imidazole rings is 1. The first-order valence-electron chi connectivity index (χ1n) is 14.5. The molecule has 1 saturated heterocycles. The molecule has 218 valence electrons. The zero-order valence-electron chi connectivity index (χ0n) is 24.1. The maximum Gasteiger partial charge on any atom is 0.254 e. The lowest BCUT2D eigenvalue weighted by Gasteiger charge is -2.33. The quantitative estimate of drug-likeness (QED) is 0.316. The molecule has 5 aromatic rings. The van der Waals surface area contributed by atoms with E-state index in [4.69, 9.17) is 20.4 Å². The Labute approximate surface area is 242 Å². The van der Waals surface area contributed by atoms with Crippen LogP contribution in [0.1, 0.15) is 41.0 Å². The van der Waals surface area contributed by atoms with Crippen LogP contribution in [0.5, 0.6) is 5.75 Å². The zero-order chi connectivity index (χ0) is 29.1. The molecule has 1 aliphatic carbocycles. The number of alkyl halides is 1. The van der Waals surface area contributed by atoms with Gasteiger partial charge in [-0.1, -0.05) is 0 Å². The van der Waals surface area contributed by atoms with Gasteiger partial charge in [-0.2, -0.15) is 5.10 Å². The summed E-state index contributed by atoms with van der Waals surface area (Å²) in [5.74, 6) is 1.62. The summed E-state index contributed by atoms with van der Waals surface area (Å²) < 4.78 is 26.5. The van der Waals surface area contributed by atoms with Gasteiger partial charge < -0.3 is 24.5 Å². The maximum atomic E-state index is 14.3. The Morgan fingerprint density at radius 1 is 1.17 bits per heavy atom. The molecule has 2 aliphatic rings. The van der Waals surface area contributed by atoms with Gasteiger partial charge in [-0.3, -0.25) is 9.48 Å². The number of aryl methyl sites for hydroxylation is 2. The lowest BCUT2D eigenvalue weighted by atomic mass is 10.0. The normalized spacial score (nSPS) is 19.2. The SMILES string of the molecule is COc1cc(C(=O)N2C[C@H](N)C[C@@H](F)C2)cc2nc(-c3cc4cccnc4n3CC3CC3)n(Cc3cc(C)nn3C)c12. The highest BCUT2D eigenvalue weighted by Crippen LogP contribution is 2.38. The highest BCUT2D eigenvalue weighted by Gasteiger charge is 2.31. The molecule has 5 heterocycles. The van der Waals surface area contributed by atoms with Gasteiger partial charge in [-0.25, -0.2) is 14.4 Å². The summed E-state index contributed by atoms with van der Waals surface area (Å²) in [6.07, 6.45) is 3.35. The molecule has 10 nitrogen and oxygen atoms in total. The summed E-state index contributed by atoms with van der Waals surface area (Å²) in [7, 11) is 3.53. The van der Waals surface area contributed by atoms with Crippen molar-refractivity contribution in [3.8, 4) is 17.3 Å². The second kappa shape index (κ2) is 10.2. The Morgan fingerprint density at radius 3 is 2.71 bits per heavy atom. The number of hydrogen-bond acceptors (Lipinski definition) is 6. The van der Waals surface area contributed by atoms with Crippen molar-refractivity contribution in [3.05, 3.63) is 59.5 Å². The smallest absolute Gasteiger partial charge is 0.254 e. The van der Waals surface area contributed by atoms with Crippen LogP contribution in [0.15, 0.2) is 42.6 Å². The first kappa shape index (κ1) is 26.6. The van der Waals surface area contributed by atoms with Crippen LogP contribution in [0.4, 0.5) is 4.39 Å². The fourth-order valence-electron chi connectivity index (χ4n) is 6.27. The molecule has 1 amide bonds. The van der Waals surface area contributed by atoms with Gasteiger partial charge in [0.2, 0.25) is 0 Å². The summed E-state index contributed by atoms with van der Waals surface area (Å²) in [6.45, 7) is 3.68. The van der Waals surface area contributed by atoms with E-state index in [9.17, 15) is 9.18 Å². The Balaban J connectivity index is 1.42. The van der Waals surface area contributed by atoms with E-state index in [2.05, 4.69) is 32.4 Å². The van der Waals surface area contributed by atoms with Gasteiger partial charge in [-0.15, -0.1) is 0 Å². The number of piperidine rings is 1. The number of amides is 1. The number of benzene rings is 1. The third-order valence-corrected chi connectivity index (χ3v) is 8.43. The van der Waals surface area contributed by atoms with Gasteiger partial charge in [0.15, 0.2) is 5.82 Å². The average Bonchev–Trinajstić information content (AvgIpc) is 3.49. The van der Waals surface area contributed by atoms with Crippen molar-refractivity contribution in [2.45, 2.75) is 51.5 Å². The van der Waals surface area contributed by atoms with Crippen molar-refractivity contribution in [2.24, 2.45) is 18.7 Å². The van der Waals surface area contributed by atoms with Gasteiger partial charge in [0.1, 0.15) is 23.1 Å². The number of hydrogen-bond donors (Lipinski definition) is 1. The van der Waals surface area contributed by atoms with Crippen LogP contribution >= 0.6 is 0 Å². The highest BCUT2D eigenvalue weighted by atomic mass is 19.1. The largest absolute Gasteiger partial charge is 0.494 e. The van der Waals surface area contributed by atoms with Gasteiger partial charge in [-0.05, 0) is 68.5 Å². The fraction of sp³-hybridized carbons (Fsp3) is 0.419. The van der Waals surface area contributed by atoms with Gasteiger partial charge in [0.05, 0.1) is 42.8 Å². The molecular weight excluding hydrogens is 535 g/mol. The number of rotatable bonds is 7. The highest BCUT2D eigenvalue weighted by molar-refractivity contribution is 6.00. The van der Waals surface area contributed by atoms with Crippen molar-refractivity contribution in [3.63, 3.8) is 0 Å². The standard InChI is InChI=1S/C31H35FN8O2/c1-18-9-24(37(2)36-18)17-40-28-25(10-21(12-27(28)42-3)31(41)38-15-22(32)13-23(33)16-38)35-30(40)26-11-20-5-4-8-34-29(20)39(26)14-19-6-7-19/h4-5,8-12,19,22-23H,6-7,13-17,33H2,1-3H3/t22-,23-/m1/s1. The second-order valence-electron chi connectivity index (χ2n) is 11.8. The molecule has 0 bridgehead atoms. The number of halogens is 1. The molecule has 4 aromatic heterocycles. The molecule has 1 aliphatic heterocycles. The fourth-order valence-corrected chi connectivity index (χ4v) is 6.27. The summed E-state index contributed by atoms with van der Waals surface area (Å²) in [6, 6.07) is 11.4. The van der Waals surface area contributed by atoms with Crippen LogP contribution in [0.25, 0.3) is 33.6 Å². The van der Waals surface area contributed by atoms with Crippen LogP contribution in [0.2, 0.25) is 0 Å². The Hall–Kier alpha value is -4.25. The Bertz CT molecular complexity index is 1810. The predicted octanol–water partition coefficient (Wildman–Crippen LogP) is 4.07. The van der Waals surface area contributed by atoms with Gasteiger partial charge in [0.25, 0.3) is 5.91 Å². The minimum Gasteiger partial charge on any atom is -0.494 e. The molecule has 2 N–H and O–H groups in total. The number of likely N-dealkylation sites (tertiary alicyclic amines) is 1. The summed E-state index contributed by atoms with van der Waals surface area (Å²) in [5.41, 5.74) is 11.7. The van der Waals surface area contributed by atoms with Crippen molar-refractivity contribution in [1.82, 2.24) is 33.8 Å². The van der Waals surface area contributed by atoms with Crippen LogP contribution in [-0.2, 0) is 20.1 Å². The van der Waals surface area contributed by atoms with Crippen molar-refractivity contribution in [1.29, 1.82) is 0 Å². The number of methoxy groups -OCH3 is 1. The summed E-state index contributed by atoms with van der Waals surface area (Å²) in [5, 5.41) is 5.61. The number of nitrogens with two attached hydrogens (primary N) is 1. The summed E-state index contributed by atoms with van der Waals surface area (Å²) in [4.78, 5) is 25.0. The second-order valence-corrected chi connectivity index (χ2v) is 11.8. The first-order chi connectivity index (χ1) is 20.3. The van der Waals surface area contributed by atoms with E-state index < -0.39 is 12.2 Å². The number of carbonyl (C=O) groups excluding carboxylic acids is 1. The average molecular weight is 571 g/mol.